The molecule has 2 heterocycles. The summed E-state index contributed by atoms with van der Waals surface area (Å²) in [5.41, 5.74) is 0.198. The van der Waals surface area contributed by atoms with Crippen LogP contribution in [0.3, 0.4) is 0 Å². The van der Waals surface area contributed by atoms with Crippen molar-refractivity contribution in [1.82, 2.24) is 4.98 Å². The summed E-state index contributed by atoms with van der Waals surface area (Å²) in [7, 11) is -7.67. The van der Waals surface area contributed by atoms with E-state index in [4.69, 9.17) is 23.2 Å². The number of hydrogen-bond acceptors (Lipinski definition) is 6. The summed E-state index contributed by atoms with van der Waals surface area (Å²) in [4.78, 5) is 3.52. The molecule has 1 aliphatic rings. The summed E-state index contributed by atoms with van der Waals surface area (Å²) in [6.07, 6.45) is 2.33. The number of nitrogens with one attached hydrogen (secondary N) is 1. The van der Waals surface area contributed by atoms with Gasteiger partial charge in [0.25, 0.3) is 0 Å². The monoisotopic (exact) mass is 434 g/mol. The number of nitrogens with zero attached hydrogens (tertiary/aromatic N) is 1. The Morgan fingerprint density at radius 2 is 1.92 bits per heavy atom. The fourth-order valence-electron chi connectivity index (χ4n) is 2.61. The number of sulfonamides is 1. The number of aliphatic hydroxyl groups is 1. The van der Waals surface area contributed by atoms with Crippen LogP contribution in [-0.4, -0.2) is 33.2 Å². The van der Waals surface area contributed by atoms with E-state index in [1.807, 2.05) is 0 Å². The van der Waals surface area contributed by atoms with Gasteiger partial charge in [0.1, 0.15) is 10.6 Å². The summed E-state index contributed by atoms with van der Waals surface area (Å²) in [6, 6.07) is 5.69. The quantitative estimate of drug-likeness (QED) is 0.766. The van der Waals surface area contributed by atoms with Crippen LogP contribution >= 0.6 is 23.2 Å². The first kappa shape index (κ1) is 19.0. The van der Waals surface area contributed by atoms with Gasteiger partial charge in [0.15, 0.2) is 15.6 Å². The molecule has 138 valence electrons. The van der Waals surface area contributed by atoms with E-state index in [0.717, 1.165) is 6.26 Å². The molecule has 0 atom stereocenters. The molecule has 0 spiro atoms. The van der Waals surface area contributed by atoms with Gasteiger partial charge in [0, 0.05) is 11.8 Å². The van der Waals surface area contributed by atoms with Gasteiger partial charge in [-0.3, -0.25) is 9.71 Å². The van der Waals surface area contributed by atoms with E-state index in [2.05, 4.69) is 9.71 Å². The first-order valence-electron chi connectivity index (χ1n) is 7.07. The number of hydrogen-bond donors (Lipinski definition) is 2. The molecule has 1 aromatic heterocycles. The van der Waals surface area contributed by atoms with Crippen molar-refractivity contribution in [2.24, 2.45) is 0 Å². The molecule has 7 nitrogen and oxygen atoms in total. The molecule has 0 saturated heterocycles. The highest BCUT2D eigenvalue weighted by atomic mass is 35.5. The Labute approximate surface area is 160 Å². The summed E-state index contributed by atoms with van der Waals surface area (Å²) < 4.78 is 50.7. The standard InChI is InChI=1S/C15H12Cl2N2O5S2/c1-25(21,22)19-10-5-4-9(16)11(12(10)17)15-14(20)13-8(3-2-6-18-13)7-26(15,23)24/h2-6,19-20H,7H2,1H3. The van der Waals surface area contributed by atoms with Crippen molar-refractivity contribution >= 4 is 59.4 Å². The van der Waals surface area contributed by atoms with Crippen LogP contribution in [0.1, 0.15) is 16.8 Å². The van der Waals surface area contributed by atoms with Gasteiger partial charge in [0.05, 0.1) is 27.7 Å². The average Bonchev–Trinajstić information content (AvgIpc) is 2.51. The van der Waals surface area contributed by atoms with Crippen molar-refractivity contribution in [3.8, 4) is 0 Å². The molecule has 0 fully saturated rings. The molecule has 1 aromatic carbocycles. The fourth-order valence-corrected chi connectivity index (χ4v) is 5.66. The first-order chi connectivity index (χ1) is 12.0. The number of benzene rings is 1. The number of sulfone groups is 1. The van der Waals surface area contributed by atoms with E-state index in [1.165, 1.54) is 24.4 Å². The molecule has 0 amide bonds. The van der Waals surface area contributed by atoms with Crippen molar-refractivity contribution in [3.05, 3.63) is 57.3 Å². The molecular formula is C15H12Cl2N2O5S2. The minimum absolute atomic E-state index is 0.0569. The van der Waals surface area contributed by atoms with E-state index in [0.29, 0.717) is 5.56 Å². The lowest BCUT2D eigenvalue weighted by molar-refractivity contribution is 0.508. The number of fused-ring (bicyclic) bond motifs is 1. The zero-order chi connectivity index (χ0) is 19.3. The predicted octanol–water partition coefficient (Wildman–Crippen LogP) is 3.07. The molecule has 26 heavy (non-hydrogen) atoms. The molecule has 2 N–H and O–H groups in total. The Morgan fingerprint density at radius 1 is 1.23 bits per heavy atom. The average molecular weight is 435 g/mol. The minimum Gasteiger partial charge on any atom is -0.504 e. The second-order valence-electron chi connectivity index (χ2n) is 5.61. The lowest BCUT2D eigenvalue weighted by Crippen LogP contribution is -2.18. The van der Waals surface area contributed by atoms with Gasteiger partial charge in [-0.25, -0.2) is 16.8 Å². The van der Waals surface area contributed by atoms with Crippen molar-refractivity contribution in [1.29, 1.82) is 0 Å². The highest BCUT2D eigenvalue weighted by molar-refractivity contribution is 8.00. The van der Waals surface area contributed by atoms with E-state index in [9.17, 15) is 21.9 Å². The Morgan fingerprint density at radius 3 is 2.58 bits per heavy atom. The van der Waals surface area contributed by atoms with Crippen LogP contribution in [0.15, 0.2) is 30.5 Å². The molecular weight excluding hydrogens is 423 g/mol. The number of anilines is 1. The van der Waals surface area contributed by atoms with Gasteiger partial charge in [-0.2, -0.15) is 0 Å². The topological polar surface area (TPSA) is 113 Å². The van der Waals surface area contributed by atoms with Gasteiger partial charge in [-0.15, -0.1) is 0 Å². The largest absolute Gasteiger partial charge is 0.504 e. The van der Waals surface area contributed by atoms with Gasteiger partial charge >= 0.3 is 0 Å². The normalized spacial score (nSPS) is 16.3. The highest BCUT2D eigenvalue weighted by Gasteiger charge is 2.35. The molecule has 0 unspecified atom stereocenters. The van der Waals surface area contributed by atoms with E-state index in [-0.39, 0.29) is 27.0 Å². The van der Waals surface area contributed by atoms with Crippen molar-refractivity contribution in [2.45, 2.75) is 5.75 Å². The second kappa shape index (κ2) is 6.41. The summed E-state index contributed by atoms with van der Waals surface area (Å²) in [6.45, 7) is 0. The zero-order valence-electron chi connectivity index (χ0n) is 13.2. The smallest absolute Gasteiger partial charge is 0.229 e. The maximum Gasteiger partial charge on any atom is 0.229 e. The van der Waals surface area contributed by atoms with Crippen molar-refractivity contribution in [2.75, 3.05) is 11.0 Å². The Balaban J connectivity index is 2.34. The SMILES string of the molecule is CS(=O)(=O)Nc1ccc(Cl)c(C2=C(O)c3ncccc3CS2(=O)=O)c1Cl. The molecule has 11 heteroatoms. The van der Waals surface area contributed by atoms with E-state index >= 15 is 0 Å². The van der Waals surface area contributed by atoms with Crippen LogP contribution in [0, 0.1) is 0 Å². The maximum absolute atomic E-state index is 12.8. The first-order valence-corrected chi connectivity index (χ1v) is 11.4. The van der Waals surface area contributed by atoms with Gasteiger partial charge in [-0.1, -0.05) is 29.3 Å². The molecule has 0 radical (unpaired) electrons. The zero-order valence-corrected chi connectivity index (χ0v) is 16.3. The Bertz CT molecular complexity index is 1160. The second-order valence-corrected chi connectivity index (χ2v) is 10.1. The summed E-state index contributed by atoms with van der Waals surface area (Å²) in [5.74, 6) is -0.987. The van der Waals surface area contributed by atoms with Crippen LogP contribution in [0.2, 0.25) is 10.0 Å². The van der Waals surface area contributed by atoms with Gasteiger partial charge in [-0.05, 0) is 23.8 Å². The lowest BCUT2D eigenvalue weighted by Gasteiger charge is -2.21. The fraction of sp³-hybridized carbons (Fsp3) is 0.133. The third-order valence-electron chi connectivity index (χ3n) is 3.60. The van der Waals surface area contributed by atoms with Crippen molar-refractivity contribution < 1.29 is 21.9 Å². The van der Waals surface area contributed by atoms with Crippen LogP contribution < -0.4 is 4.72 Å². The minimum atomic E-state index is -4.00. The Hall–Kier alpha value is -1.81. The third-order valence-corrected chi connectivity index (χ3v) is 6.61. The number of aromatic nitrogens is 1. The number of aliphatic hydroxyl groups excluding tert-OH is 1. The molecule has 3 rings (SSSR count). The van der Waals surface area contributed by atoms with Crippen LogP contribution in [0.25, 0.3) is 10.7 Å². The molecule has 0 saturated carbocycles. The highest BCUT2D eigenvalue weighted by Crippen LogP contribution is 2.44. The van der Waals surface area contributed by atoms with Gasteiger partial charge in [0.2, 0.25) is 10.0 Å². The molecule has 0 bridgehead atoms. The Kier molecular flexibility index (Phi) is 4.68. The maximum atomic E-state index is 12.8. The molecule has 0 aliphatic carbocycles. The molecule has 1 aliphatic heterocycles. The number of pyridine rings is 1. The predicted molar refractivity (Wildman–Crippen MR) is 101 cm³/mol. The summed E-state index contributed by atoms with van der Waals surface area (Å²) >= 11 is 12.4. The van der Waals surface area contributed by atoms with Crippen LogP contribution in [0.4, 0.5) is 5.69 Å². The summed E-state index contributed by atoms with van der Waals surface area (Å²) in [5, 5.41) is 10.3. The van der Waals surface area contributed by atoms with Gasteiger partial charge < -0.3 is 5.11 Å². The van der Waals surface area contributed by atoms with E-state index in [1.54, 1.807) is 6.07 Å². The van der Waals surface area contributed by atoms with Crippen LogP contribution in [-0.2, 0) is 25.6 Å². The number of halogens is 2. The van der Waals surface area contributed by atoms with Crippen LogP contribution in [0.5, 0.6) is 0 Å². The van der Waals surface area contributed by atoms with Crippen molar-refractivity contribution in [3.63, 3.8) is 0 Å². The third kappa shape index (κ3) is 3.39. The molecule has 2 aromatic rings. The lowest BCUT2D eigenvalue weighted by atomic mass is 10.1. The van der Waals surface area contributed by atoms with E-state index < -0.39 is 36.3 Å². The number of rotatable bonds is 3.